The van der Waals surface area contributed by atoms with Gasteiger partial charge < -0.3 is 0 Å². The van der Waals surface area contributed by atoms with Crippen molar-refractivity contribution in [1.82, 2.24) is 0 Å². The van der Waals surface area contributed by atoms with Crippen molar-refractivity contribution in [2.24, 2.45) is 17.8 Å². The number of ether oxygens (including phenoxy) is 1. The molecule has 0 aromatic rings. The topological polar surface area (TPSA) is 9.23 Å². The van der Waals surface area contributed by atoms with Gasteiger partial charge in [-0.2, -0.15) is 0 Å². The Balaban J connectivity index is 2.52. The third-order valence-corrected chi connectivity index (χ3v) is 3.87. The van der Waals surface area contributed by atoms with Crippen LogP contribution >= 0.6 is 0 Å². The van der Waals surface area contributed by atoms with Gasteiger partial charge in [0.2, 0.25) is 0 Å². The summed E-state index contributed by atoms with van der Waals surface area (Å²) in [5.41, 5.74) is 0. The van der Waals surface area contributed by atoms with Crippen LogP contribution in [-0.4, -0.2) is 27.6 Å². The minimum absolute atomic E-state index is 0.339. The quantitative estimate of drug-likeness (QED) is 0.545. The molecule has 1 radical (unpaired) electrons. The van der Waals surface area contributed by atoms with Crippen LogP contribution < -0.4 is 0 Å². The first-order chi connectivity index (χ1) is 4.63. The Morgan fingerprint density at radius 3 is 2.30 bits per heavy atom. The van der Waals surface area contributed by atoms with Gasteiger partial charge in [-0.15, -0.1) is 0 Å². The monoisotopic (exact) mass is 207 g/mol. The zero-order valence-electron chi connectivity index (χ0n) is 6.83. The fraction of sp³-hybridized carbons (Fsp3) is 1.00. The van der Waals surface area contributed by atoms with Gasteiger partial charge in [-0.25, -0.2) is 0 Å². The number of hydrogen-bond acceptors (Lipinski definition) is 1. The number of hydrogen-bond donors (Lipinski definition) is 0. The molecule has 4 unspecified atom stereocenters. The summed E-state index contributed by atoms with van der Waals surface area (Å²) in [7, 11) is 0. The Morgan fingerprint density at radius 2 is 1.80 bits per heavy atom. The second kappa shape index (κ2) is 3.25. The maximum atomic E-state index is 5.52. The molecule has 0 N–H and O–H groups in total. The molecule has 0 amide bonds. The van der Waals surface area contributed by atoms with E-state index < -0.39 is 0 Å². The van der Waals surface area contributed by atoms with Crippen LogP contribution in [-0.2, 0) is 4.74 Å². The van der Waals surface area contributed by atoms with Crippen LogP contribution in [0.1, 0.15) is 20.8 Å². The zero-order chi connectivity index (χ0) is 7.72. The molecule has 1 saturated heterocycles. The van der Waals surface area contributed by atoms with Crippen molar-refractivity contribution in [3.05, 3.63) is 0 Å². The van der Waals surface area contributed by atoms with Crippen LogP contribution in [0.2, 0.25) is 0 Å². The standard InChI is InChI=1S/C8H15OSe/c1-5-4-9-8(10)7(3)6(5)2/h5-8H,4H2,1-3H3. The number of rotatable bonds is 0. The predicted molar refractivity (Wildman–Crippen MR) is 43.0 cm³/mol. The van der Waals surface area contributed by atoms with E-state index in [9.17, 15) is 0 Å². The third-order valence-electron chi connectivity index (χ3n) is 2.68. The van der Waals surface area contributed by atoms with Gasteiger partial charge in [0, 0.05) is 0 Å². The van der Waals surface area contributed by atoms with Crippen molar-refractivity contribution in [2.75, 3.05) is 6.61 Å². The maximum absolute atomic E-state index is 5.52. The molecular weight excluding hydrogens is 191 g/mol. The first-order valence-corrected chi connectivity index (χ1v) is 4.89. The van der Waals surface area contributed by atoms with Crippen molar-refractivity contribution in [3.8, 4) is 0 Å². The van der Waals surface area contributed by atoms with Gasteiger partial charge in [0.1, 0.15) is 0 Å². The van der Waals surface area contributed by atoms with Gasteiger partial charge in [0.05, 0.1) is 0 Å². The molecule has 1 nitrogen and oxygen atoms in total. The molecule has 0 aromatic carbocycles. The van der Waals surface area contributed by atoms with Crippen molar-refractivity contribution < 1.29 is 4.74 Å². The minimum atomic E-state index is 0.339. The Bertz CT molecular complexity index is 102. The van der Waals surface area contributed by atoms with Crippen LogP contribution in [0.5, 0.6) is 0 Å². The molecular formula is C8H15OSe. The van der Waals surface area contributed by atoms with Crippen LogP contribution in [0.25, 0.3) is 0 Å². The van der Waals surface area contributed by atoms with Crippen LogP contribution in [0.4, 0.5) is 0 Å². The SMILES string of the molecule is CC1COC([Se])C(C)C1C. The van der Waals surface area contributed by atoms with E-state index in [0.29, 0.717) is 10.9 Å². The Hall–Kier alpha value is 0.479. The summed E-state index contributed by atoms with van der Waals surface area (Å²) in [5, 5.41) is 0.339. The molecule has 0 saturated carbocycles. The second-order valence-corrected chi connectivity index (χ2v) is 4.37. The van der Waals surface area contributed by atoms with E-state index in [4.69, 9.17) is 4.74 Å². The summed E-state index contributed by atoms with van der Waals surface area (Å²) < 4.78 is 5.52. The molecule has 4 atom stereocenters. The van der Waals surface area contributed by atoms with Gasteiger partial charge in [-0.3, -0.25) is 0 Å². The molecule has 1 aliphatic rings. The summed E-state index contributed by atoms with van der Waals surface area (Å²) in [4.78, 5) is 0. The molecule has 0 aromatic heterocycles. The average Bonchev–Trinajstić information content (AvgIpc) is 1.93. The molecule has 2 heteroatoms. The average molecular weight is 206 g/mol. The molecule has 1 fully saturated rings. The van der Waals surface area contributed by atoms with Crippen molar-refractivity contribution in [1.29, 1.82) is 0 Å². The van der Waals surface area contributed by atoms with E-state index >= 15 is 0 Å². The summed E-state index contributed by atoms with van der Waals surface area (Å²) in [5.74, 6) is 2.18. The summed E-state index contributed by atoms with van der Waals surface area (Å²) in [6.07, 6.45) is 0. The molecule has 0 aliphatic carbocycles. The van der Waals surface area contributed by atoms with Gasteiger partial charge in [-0.05, 0) is 0 Å². The van der Waals surface area contributed by atoms with E-state index in [1.54, 1.807) is 0 Å². The van der Waals surface area contributed by atoms with Gasteiger partial charge >= 0.3 is 70.9 Å². The summed E-state index contributed by atoms with van der Waals surface area (Å²) in [6.45, 7) is 7.74. The Kier molecular flexibility index (Phi) is 2.79. The molecule has 0 bridgehead atoms. The third kappa shape index (κ3) is 1.55. The molecule has 0 spiro atoms. The molecule has 10 heavy (non-hydrogen) atoms. The van der Waals surface area contributed by atoms with Crippen molar-refractivity contribution in [3.63, 3.8) is 0 Å². The van der Waals surface area contributed by atoms with E-state index in [0.717, 1.165) is 18.4 Å². The molecule has 59 valence electrons. The van der Waals surface area contributed by atoms with Gasteiger partial charge in [-0.1, -0.05) is 0 Å². The Morgan fingerprint density at radius 1 is 1.20 bits per heavy atom. The molecule has 1 aliphatic heterocycles. The van der Waals surface area contributed by atoms with Crippen LogP contribution in [0, 0.1) is 17.8 Å². The molecule has 1 heterocycles. The second-order valence-electron chi connectivity index (χ2n) is 3.40. The van der Waals surface area contributed by atoms with Crippen LogP contribution in [0.3, 0.4) is 0 Å². The first-order valence-electron chi connectivity index (χ1n) is 3.90. The van der Waals surface area contributed by atoms with Crippen molar-refractivity contribution in [2.45, 2.75) is 25.8 Å². The van der Waals surface area contributed by atoms with E-state index in [2.05, 4.69) is 36.8 Å². The Labute approximate surface area is 71.3 Å². The summed E-state index contributed by atoms with van der Waals surface area (Å²) >= 11 is 3.06. The molecule has 1 rings (SSSR count). The zero-order valence-corrected chi connectivity index (χ0v) is 8.55. The normalized spacial score (nSPS) is 49.2. The first kappa shape index (κ1) is 8.57. The van der Waals surface area contributed by atoms with Crippen molar-refractivity contribution >= 4 is 16.0 Å². The fourth-order valence-corrected chi connectivity index (χ4v) is 2.00. The predicted octanol–water partition coefficient (Wildman–Crippen LogP) is 1.42. The summed E-state index contributed by atoms with van der Waals surface area (Å²) in [6, 6.07) is 0. The van der Waals surface area contributed by atoms with E-state index in [1.165, 1.54) is 0 Å². The van der Waals surface area contributed by atoms with Gasteiger partial charge in [0.25, 0.3) is 0 Å². The van der Waals surface area contributed by atoms with E-state index in [-0.39, 0.29) is 0 Å². The van der Waals surface area contributed by atoms with E-state index in [1.807, 2.05) is 0 Å². The van der Waals surface area contributed by atoms with Gasteiger partial charge in [0.15, 0.2) is 0 Å². The fourth-order valence-electron chi connectivity index (χ4n) is 1.32. The van der Waals surface area contributed by atoms with Crippen LogP contribution in [0.15, 0.2) is 0 Å².